The van der Waals surface area contributed by atoms with E-state index in [2.05, 4.69) is 21.2 Å². The van der Waals surface area contributed by atoms with E-state index >= 15 is 0 Å². The molecule has 5 nitrogen and oxygen atoms in total. The van der Waals surface area contributed by atoms with Gasteiger partial charge in [0.1, 0.15) is 5.88 Å². The highest BCUT2D eigenvalue weighted by molar-refractivity contribution is 6.27. The minimum Gasteiger partial charge on any atom is -0.353 e. The molecule has 0 fully saturated rings. The molecule has 0 aromatic carbocycles. The second-order valence-electron chi connectivity index (χ2n) is 1.96. The van der Waals surface area contributed by atoms with Gasteiger partial charge >= 0.3 is 0 Å². The van der Waals surface area contributed by atoms with Crippen molar-refractivity contribution in [2.75, 3.05) is 19.0 Å². The molecule has 62 valence electrons. The fourth-order valence-corrected chi connectivity index (χ4v) is 0.711. The van der Waals surface area contributed by atoms with Crippen molar-refractivity contribution in [1.82, 2.24) is 16.2 Å². The molecule has 1 aliphatic rings. The smallest absolute Gasteiger partial charge is 0.253 e. The molecule has 0 aromatic heterocycles. The topological polar surface area (TPSA) is 65.5 Å². The highest BCUT2D eigenvalue weighted by Crippen LogP contribution is 1.79. The third-order valence-corrected chi connectivity index (χ3v) is 1.36. The number of amides is 1. The predicted molar refractivity (Wildman–Crippen MR) is 42.3 cm³/mol. The van der Waals surface area contributed by atoms with E-state index < -0.39 is 0 Å². The van der Waals surface area contributed by atoms with Gasteiger partial charge in [0.05, 0.1) is 6.54 Å². The lowest BCUT2D eigenvalue weighted by Gasteiger charge is -2.05. The molecule has 0 radical (unpaired) electrons. The van der Waals surface area contributed by atoms with Crippen LogP contribution < -0.4 is 16.2 Å². The number of aliphatic imine (C=N–C) groups is 1. The van der Waals surface area contributed by atoms with Crippen LogP contribution >= 0.6 is 11.6 Å². The van der Waals surface area contributed by atoms with Gasteiger partial charge in [-0.25, -0.2) is 0 Å². The van der Waals surface area contributed by atoms with E-state index in [-0.39, 0.29) is 11.8 Å². The Kier molecular flexibility index (Phi) is 2.97. The number of hydrazine groups is 1. The van der Waals surface area contributed by atoms with Crippen LogP contribution in [0, 0.1) is 0 Å². The zero-order valence-corrected chi connectivity index (χ0v) is 6.61. The first-order valence-electron chi connectivity index (χ1n) is 3.22. The van der Waals surface area contributed by atoms with E-state index in [1.54, 1.807) is 0 Å². The van der Waals surface area contributed by atoms with Crippen molar-refractivity contribution in [2.45, 2.75) is 0 Å². The maximum absolute atomic E-state index is 10.6. The molecule has 1 aliphatic heterocycles. The van der Waals surface area contributed by atoms with Crippen molar-refractivity contribution in [1.29, 1.82) is 0 Å². The van der Waals surface area contributed by atoms with E-state index in [0.717, 1.165) is 13.1 Å². The molecule has 1 heterocycles. The van der Waals surface area contributed by atoms with Gasteiger partial charge in [-0.05, 0) is 0 Å². The maximum Gasteiger partial charge on any atom is 0.253 e. The average Bonchev–Trinajstić information content (AvgIpc) is 2.52. The van der Waals surface area contributed by atoms with Crippen LogP contribution in [0.2, 0.25) is 0 Å². The van der Waals surface area contributed by atoms with Crippen LogP contribution in [0.4, 0.5) is 0 Å². The number of halogens is 1. The summed E-state index contributed by atoms with van der Waals surface area (Å²) in [6, 6.07) is 0. The zero-order valence-electron chi connectivity index (χ0n) is 5.85. The maximum atomic E-state index is 10.6. The lowest BCUT2D eigenvalue weighted by Crippen LogP contribution is -2.46. The first-order chi connectivity index (χ1) is 5.33. The minimum atomic E-state index is -0.275. The molecular weight excluding hydrogens is 168 g/mol. The summed E-state index contributed by atoms with van der Waals surface area (Å²) >= 11 is 5.23. The molecule has 11 heavy (non-hydrogen) atoms. The Morgan fingerprint density at radius 2 is 2.64 bits per heavy atom. The van der Waals surface area contributed by atoms with E-state index in [1.165, 1.54) is 0 Å². The van der Waals surface area contributed by atoms with Crippen LogP contribution in [0.3, 0.4) is 0 Å². The number of carbonyl (C=O) groups is 1. The lowest BCUT2D eigenvalue weighted by atomic mass is 10.7. The van der Waals surface area contributed by atoms with E-state index in [1.807, 2.05) is 0 Å². The molecule has 0 spiro atoms. The summed E-state index contributed by atoms with van der Waals surface area (Å²) in [6.45, 7) is 1.54. The van der Waals surface area contributed by atoms with Gasteiger partial charge in [0.25, 0.3) is 5.91 Å². The van der Waals surface area contributed by atoms with Crippen molar-refractivity contribution in [2.24, 2.45) is 4.99 Å². The van der Waals surface area contributed by atoms with Crippen molar-refractivity contribution in [3.63, 3.8) is 0 Å². The second-order valence-corrected chi connectivity index (χ2v) is 2.23. The Morgan fingerprint density at radius 3 is 3.18 bits per heavy atom. The molecule has 0 aliphatic carbocycles. The summed E-state index contributed by atoms with van der Waals surface area (Å²) in [7, 11) is 0. The Hall–Kier alpha value is -0.970. The van der Waals surface area contributed by atoms with Gasteiger partial charge in [-0.3, -0.25) is 20.6 Å². The predicted octanol–water partition coefficient (Wildman–Crippen LogP) is -1.19. The van der Waals surface area contributed by atoms with E-state index in [4.69, 9.17) is 11.6 Å². The van der Waals surface area contributed by atoms with Gasteiger partial charge in [-0.1, -0.05) is 0 Å². The number of guanidine groups is 1. The van der Waals surface area contributed by atoms with Crippen LogP contribution in [0.1, 0.15) is 0 Å². The third kappa shape index (κ3) is 2.63. The van der Waals surface area contributed by atoms with E-state index in [9.17, 15) is 4.79 Å². The zero-order chi connectivity index (χ0) is 8.10. The van der Waals surface area contributed by atoms with Gasteiger partial charge in [0.15, 0.2) is 0 Å². The third-order valence-electron chi connectivity index (χ3n) is 1.12. The molecule has 0 saturated carbocycles. The van der Waals surface area contributed by atoms with Gasteiger partial charge in [0, 0.05) is 6.54 Å². The quantitative estimate of drug-likeness (QED) is 0.348. The Balaban J connectivity index is 2.16. The SMILES string of the molecule is O=C(CCl)NNC1=NCCN1. The summed E-state index contributed by atoms with van der Waals surface area (Å²) in [5, 5.41) is 2.92. The van der Waals surface area contributed by atoms with Crippen LogP contribution in [0.15, 0.2) is 4.99 Å². The van der Waals surface area contributed by atoms with Crippen molar-refractivity contribution in [3.05, 3.63) is 0 Å². The number of rotatable bonds is 1. The summed E-state index contributed by atoms with van der Waals surface area (Å²) < 4.78 is 0. The summed E-state index contributed by atoms with van der Waals surface area (Å²) in [5.41, 5.74) is 4.95. The number of hydrogen-bond donors (Lipinski definition) is 3. The van der Waals surface area contributed by atoms with Crippen LogP contribution in [0.5, 0.6) is 0 Å². The standard InChI is InChI=1S/C5H9ClN4O/c6-3-4(11)9-10-5-7-1-2-8-5/h1-3H2,(H,9,11)(H2,7,8,10). The largest absolute Gasteiger partial charge is 0.353 e. The first kappa shape index (κ1) is 8.13. The summed E-state index contributed by atoms with van der Waals surface area (Å²) in [6.07, 6.45) is 0. The molecule has 0 bridgehead atoms. The van der Waals surface area contributed by atoms with Crippen LogP contribution in [-0.4, -0.2) is 30.8 Å². The number of carbonyl (C=O) groups excluding carboxylic acids is 1. The minimum absolute atomic E-state index is 0.0553. The van der Waals surface area contributed by atoms with Crippen molar-refractivity contribution >= 4 is 23.5 Å². The molecule has 0 unspecified atom stereocenters. The monoisotopic (exact) mass is 176 g/mol. The highest BCUT2D eigenvalue weighted by atomic mass is 35.5. The summed E-state index contributed by atoms with van der Waals surface area (Å²) in [5.74, 6) is 0.256. The Bertz CT molecular complexity index is 181. The molecule has 1 amide bonds. The highest BCUT2D eigenvalue weighted by Gasteiger charge is 2.04. The van der Waals surface area contributed by atoms with E-state index in [0.29, 0.717) is 5.96 Å². The van der Waals surface area contributed by atoms with Crippen LogP contribution in [0.25, 0.3) is 0 Å². The van der Waals surface area contributed by atoms with Crippen molar-refractivity contribution in [3.8, 4) is 0 Å². The second kappa shape index (κ2) is 4.02. The number of alkyl halides is 1. The average molecular weight is 177 g/mol. The molecule has 1 rings (SSSR count). The molecule has 3 N–H and O–H groups in total. The molecule has 6 heteroatoms. The Morgan fingerprint density at radius 1 is 1.82 bits per heavy atom. The molecule has 0 saturated heterocycles. The fraction of sp³-hybridized carbons (Fsp3) is 0.600. The fourth-order valence-electron chi connectivity index (χ4n) is 0.644. The molecule has 0 atom stereocenters. The van der Waals surface area contributed by atoms with Gasteiger partial charge in [-0.15, -0.1) is 11.6 Å². The first-order valence-corrected chi connectivity index (χ1v) is 3.75. The van der Waals surface area contributed by atoms with Gasteiger partial charge in [0.2, 0.25) is 5.96 Å². The number of nitrogens with zero attached hydrogens (tertiary/aromatic N) is 1. The lowest BCUT2D eigenvalue weighted by molar-refractivity contribution is -0.119. The van der Waals surface area contributed by atoms with Gasteiger partial charge < -0.3 is 5.32 Å². The summed E-state index contributed by atoms with van der Waals surface area (Å²) in [4.78, 5) is 14.6. The Labute approximate surface area is 69.2 Å². The molecular formula is C5H9ClN4O. The normalized spacial score (nSPS) is 15.2. The van der Waals surface area contributed by atoms with Gasteiger partial charge in [-0.2, -0.15) is 0 Å². The number of nitrogens with one attached hydrogen (secondary N) is 3. The van der Waals surface area contributed by atoms with Crippen LogP contribution in [-0.2, 0) is 4.79 Å². The molecule has 0 aromatic rings. The van der Waals surface area contributed by atoms with Crippen molar-refractivity contribution < 1.29 is 4.79 Å². The number of hydrogen-bond acceptors (Lipinski definition) is 4.